The number of hydrogen-bond donors (Lipinski definition) is 1. The molecule has 0 bridgehead atoms. The summed E-state index contributed by atoms with van der Waals surface area (Å²) in [6.45, 7) is 1.17. The lowest BCUT2D eigenvalue weighted by Gasteiger charge is -2.09. The summed E-state index contributed by atoms with van der Waals surface area (Å²) in [5.41, 5.74) is 2.74. The fraction of sp³-hybridized carbons (Fsp3) is 0.174. The van der Waals surface area contributed by atoms with E-state index in [9.17, 15) is 4.79 Å². The van der Waals surface area contributed by atoms with E-state index in [0.717, 1.165) is 16.9 Å². The lowest BCUT2D eigenvalue weighted by molar-refractivity contribution is -0.116. The molecule has 0 spiro atoms. The molecule has 0 radical (unpaired) electrons. The Morgan fingerprint density at radius 2 is 1.93 bits per heavy atom. The molecule has 0 aliphatic carbocycles. The van der Waals surface area contributed by atoms with Crippen LogP contribution in [0.25, 0.3) is 5.69 Å². The van der Waals surface area contributed by atoms with Gasteiger partial charge in [0.2, 0.25) is 5.91 Å². The van der Waals surface area contributed by atoms with Crippen molar-refractivity contribution in [3.05, 3.63) is 91.0 Å². The van der Waals surface area contributed by atoms with Crippen LogP contribution in [0.4, 0.5) is 5.69 Å². The monoisotopic (exact) mass is 401 g/mol. The number of carbonyl (C=O) groups is 1. The molecule has 4 rings (SSSR count). The van der Waals surface area contributed by atoms with E-state index in [1.165, 1.54) is 0 Å². The predicted octanol–water partition coefficient (Wildman–Crippen LogP) is 3.72. The Hall–Kier alpha value is -3.87. The van der Waals surface area contributed by atoms with Crippen molar-refractivity contribution in [1.82, 2.24) is 19.6 Å². The van der Waals surface area contributed by atoms with Crippen molar-refractivity contribution in [1.29, 1.82) is 0 Å². The number of para-hydroxylation sites is 1. The maximum Gasteiger partial charge on any atom is 0.224 e. The van der Waals surface area contributed by atoms with E-state index in [-0.39, 0.29) is 5.91 Å². The summed E-state index contributed by atoms with van der Waals surface area (Å²) in [5.74, 6) is 0.667. The second kappa shape index (κ2) is 9.56. The highest BCUT2D eigenvalue weighted by Crippen LogP contribution is 2.18. The SMILES string of the molecule is O=C(CCc1cnn(-c2ccccc2)c1)Nc1cccc(OCCn2cccn2)c1. The van der Waals surface area contributed by atoms with Gasteiger partial charge in [-0.25, -0.2) is 4.68 Å². The molecule has 0 fully saturated rings. The van der Waals surface area contributed by atoms with Crippen molar-refractivity contribution < 1.29 is 9.53 Å². The smallest absolute Gasteiger partial charge is 0.224 e. The van der Waals surface area contributed by atoms with Crippen molar-refractivity contribution >= 4 is 11.6 Å². The molecule has 1 amide bonds. The van der Waals surface area contributed by atoms with Crippen LogP contribution in [0.5, 0.6) is 5.75 Å². The predicted molar refractivity (Wildman–Crippen MR) is 115 cm³/mol. The molecule has 2 heterocycles. The van der Waals surface area contributed by atoms with Crippen LogP contribution < -0.4 is 10.1 Å². The summed E-state index contributed by atoms with van der Waals surface area (Å²) in [6, 6.07) is 19.2. The van der Waals surface area contributed by atoms with Crippen molar-refractivity contribution in [3.8, 4) is 11.4 Å². The third kappa shape index (κ3) is 5.35. The first-order valence-electron chi connectivity index (χ1n) is 9.85. The van der Waals surface area contributed by atoms with Crippen molar-refractivity contribution in [2.75, 3.05) is 11.9 Å². The second-order valence-electron chi connectivity index (χ2n) is 6.82. The van der Waals surface area contributed by atoms with Crippen LogP contribution in [0.2, 0.25) is 0 Å². The molecule has 30 heavy (non-hydrogen) atoms. The molecule has 0 aliphatic heterocycles. The summed E-state index contributed by atoms with van der Waals surface area (Å²) in [7, 11) is 0. The summed E-state index contributed by atoms with van der Waals surface area (Å²) in [5, 5.41) is 11.4. The molecule has 7 nitrogen and oxygen atoms in total. The number of nitrogens with one attached hydrogen (secondary N) is 1. The van der Waals surface area contributed by atoms with E-state index in [2.05, 4.69) is 15.5 Å². The standard InChI is InChI=1S/C23H23N5O2/c29-23(11-10-19-17-25-28(18-19)21-7-2-1-3-8-21)26-20-6-4-9-22(16-20)30-15-14-27-13-5-12-24-27/h1-9,12-13,16-18H,10-11,14-15H2,(H,26,29). The van der Waals surface area contributed by atoms with Gasteiger partial charge in [-0.3, -0.25) is 9.48 Å². The molecule has 0 unspecified atom stereocenters. The van der Waals surface area contributed by atoms with Gasteiger partial charge in [-0.15, -0.1) is 0 Å². The van der Waals surface area contributed by atoms with E-state index < -0.39 is 0 Å². The maximum absolute atomic E-state index is 12.4. The van der Waals surface area contributed by atoms with Gasteiger partial charge in [0.1, 0.15) is 12.4 Å². The molecule has 0 atom stereocenters. The van der Waals surface area contributed by atoms with Gasteiger partial charge in [-0.05, 0) is 42.3 Å². The Kier molecular flexibility index (Phi) is 6.19. The largest absolute Gasteiger partial charge is 0.492 e. The lowest BCUT2D eigenvalue weighted by atomic mass is 10.2. The summed E-state index contributed by atoms with van der Waals surface area (Å²) in [4.78, 5) is 12.4. The van der Waals surface area contributed by atoms with E-state index >= 15 is 0 Å². The molecule has 152 valence electrons. The van der Waals surface area contributed by atoms with Crippen LogP contribution in [0, 0.1) is 0 Å². The molecular formula is C23H23N5O2. The molecular weight excluding hydrogens is 378 g/mol. The minimum absolute atomic E-state index is 0.0452. The topological polar surface area (TPSA) is 74.0 Å². The highest BCUT2D eigenvalue weighted by molar-refractivity contribution is 5.91. The highest BCUT2D eigenvalue weighted by atomic mass is 16.5. The highest BCUT2D eigenvalue weighted by Gasteiger charge is 2.07. The number of nitrogens with zero attached hydrogens (tertiary/aromatic N) is 4. The van der Waals surface area contributed by atoms with Gasteiger partial charge < -0.3 is 10.1 Å². The number of carbonyl (C=O) groups excluding carboxylic acids is 1. The van der Waals surface area contributed by atoms with Gasteiger partial charge in [-0.1, -0.05) is 24.3 Å². The zero-order valence-electron chi connectivity index (χ0n) is 16.5. The second-order valence-corrected chi connectivity index (χ2v) is 6.82. The fourth-order valence-corrected chi connectivity index (χ4v) is 3.05. The Bertz CT molecular complexity index is 1070. The van der Waals surface area contributed by atoms with Crippen LogP contribution in [-0.2, 0) is 17.8 Å². The van der Waals surface area contributed by atoms with Crippen LogP contribution in [0.15, 0.2) is 85.5 Å². The van der Waals surface area contributed by atoms with Crippen molar-refractivity contribution in [2.24, 2.45) is 0 Å². The first kappa shape index (κ1) is 19.4. The van der Waals surface area contributed by atoms with Gasteiger partial charge in [-0.2, -0.15) is 10.2 Å². The Morgan fingerprint density at radius 1 is 1.03 bits per heavy atom. The molecule has 0 saturated carbocycles. The Balaban J connectivity index is 1.25. The van der Waals surface area contributed by atoms with E-state index in [4.69, 9.17) is 4.74 Å². The van der Waals surface area contributed by atoms with Crippen LogP contribution in [0.3, 0.4) is 0 Å². The third-order valence-electron chi connectivity index (χ3n) is 4.56. The minimum Gasteiger partial charge on any atom is -0.492 e. The molecule has 0 aliphatic rings. The molecule has 1 N–H and O–H groups in total. The number of aryl methyl sites for hydroxylation is 1. The summed E-state index contributed by atoms with van der Waals surface area (Å²) in [6.07, 6.45) is 8.39. The first-order chi connectivity index (χ1) is 14.8. The molecule has 7 heteroatoms. The molecule has 2 aromatic carbocycles. The third-order valence-corrected chi connectivity index (χ3v) is 4.56. The number of benzene rings is 2. The van der Waals surface area contributed by atoms with Gasteiger partial charge in [0.25, 0.3) is 0 Å². The van der Waals surface area contributed by atoms with Gasteiger partial charge in [0.15, 0.2) is 0 Å². The average molecular weight is 401 g/mol. The van der Waals surface area contributed by atoms with E-state index in [1.54, 1.807) is 12.4 Å². The number of ether oxygens (including phenoxy) is 1. The van der Waals surface area contributed by atoms with Gasteiger partial charge in [0.05, 0.1) is 18.4 Å². The summed E-state index contributed by atoms with van der Waals surface area (Å²) >= 11 is 0. The quantitative estimate of drug-likeness (QED) is 0.464. The average Bonchev–Trinajstić information content (AvgIpc) is 3.46. The van der Waals surface area contributed by atoms with Crippen molar-refractivity contribution in [3.63, 3.8) is 0 Å². The Labute approximate surface area is 174 Å². The number of hydrogen-bond acceptors (Lipinski definition) is 4. The number of amides is 1. The lowest BCUT2D eigenvalue weighted by Crippen LogP contribution is -2.12. The zero-order chi connectivity index (χ0) is 20.6. The van der Waals surface area contributed by atoms with Gasteiger partial charge >= 0.3 is 0 Å². The Morgan fingerprint density at radius 3 is 2.77 bits per heavy atom. The number of aromatic nitrogens is 4. The first-order valence-corrected chi connectivity index (χ1v) is 9.85. The molecule has 4 aromatic rings. The van der Waals surface area contributed by atoms with Gasteiger partial charge in [0, 0.05) is 36.8 Å². The molecule has 0 saturated heterocycles. The summed E-state index contributed by atoms with van der Waals surface area (Å²) < 4.78 is 9.38. The zero-order valence-corrected chi connectivity index (χ0v) is 16.5. The maximum atomic E-state index is 12.4. The van der Waals surface area contributed by atoms with Crippen LogP contribution in [-0.4, -0.2) is 32.1 Å². The van der Waals surface area contributed by atoms with E-state index in [1.807, 2.05) is 82.4 Å². The number of anilines is 1. The van der Waals surface area contributed by atoms with E-state index in [0.29, 0.717) is 31.7 Å². The fourth-order valence-electron chi connectivity index (χ4n) is 3.05. The minimum atomic E-state index is -0.0452. The number of rotatable bonds is 9. The van der Waals surface area contributed by atoms with Crippen LogP contribution in [0.1, 0.15) is 12.0 Å². The van der Waals surface area contributed by atoms with Crippen molar-refractivity contribution in [2.45, 2.75) is 19.4 Å². The van der Waals surface area contributed by atoms with Crippen LogP contribution >= 0.6 is 0 Å². The molecule has 2 aromatic heterocycles. The normalized spacial score (nSPS) is 10.7.